The highest BCUT2D eigenvalue weighted by molar-refractivity contribution is 5.91. The van der Waals surface area contributed by atoms with E-state index in [1.165, 1.54) is 6.92 Å². The number of H-pyrrole nitrogens is 1. The van der Waals surface area contributed by atoms with Gasteiger partial charge in [-0.05, 0) is 0 Å². The zero-order chi connectivity index (χ0) is 16.3. The maximum Gasteiger partial charge on any atom is 0.195 e. The standard InChI is InChI=1S/C15H18N2O5/c1-8(19)15-16-11(9-5-3-2-4-6-9)12(17-15)14(22)13(21)10(20)7-18/h2-6,10,13-14,18,20-22H,7H2,1H3,(H,16,17)/t10-,13-,14-/m1/s1. The number of carbonyl (C=O) groups is 1. The van der Waals surface area contributed by atoms with E-state index >= 15 is 0 Å². The molecule has 0 spiro atoms. The van der Waals surface area contributed by atoms with Crippen molar-refractivity contribution in [1.29, 1.82) is 0 Å². The van der Waals surface area contributed by atoms with E-state index in [0.717, 1.165) is 0 Å². The SMILES string of the molecule is CC(=O)c1nc(-c2ccccc2)c([C@@H](O)[C@H](O)[C@H](O)CO)[nH]1. The summed E-state index contributed by atoms with van der Waals surface area (Å²) >= 11 is 0. The normalized spacial score (nSPS) is 15.3. The van der Waals surface area contributed by atoms with Gasteiger partial charge in [-0.1, -0.05) is 30.3 Å². The lowest BCUT2D eigenvalue weighted by Crippen LogP contribution is -2.35. The first-order chi connectivity index (χ1) is 10.5. The summed E-state index contributed by atoms with van der Waals surface area (Å²) in [4.78, 5) is 18.3. The average Bonchev–Trinajstić information content (AvgIpc) is 2.99. The fourth-order valence-corrected chi connectivity index (χ4v) is 2.07. The largest absolute Gasteiger partial charge is 0.394 e. The predicted octanol–water partition coefficient (Wildman–Crippen LogP) is 0.0268. The molecule has 0 aliphatic carbocycles. The molecule has 0 amide bonds. The predicted molar refractivity (Wildman–Crippen MR) is 78.1 cm³/mol. The van der Waals surface area contributed by atoms with E-state index in [2.05, 4.69) is 9.97 Å². The first-order valence-corrected chi connectivity index (χ1v) is 6.77. The van der Waals surface area contributed by atoms with Gasteiger partial charge in [0.15, 0.2) is 11.6 Å². The number of aliphatic hydroxyl groups is 4. The molecule has 1 aromatic carbocycles. The van der Waals surface area contributed by atoms with Crippen molar-refractivity contribution in [3.63, 3.8) is 0 Å². The molecule has 7 heteroatoms. The van der Waals surface area contributed by atoms with Crippen LogP contribution < -0.4 is 0 Å². The Labute approximate surface area is 126 Å². The number of rotatable bonds is 6. The van der Waals surface area contributed by atoms with Gasteiger partial charge in [0.2, 0.25) is 0 Å². The van der Waals surface area contributed by atoms with Crippen LogP contribution in [0.1, 0.15) is 29.3 Å². The number of benzene rings is 1. The van der Waals surface area contributed by atoms with E-state index in [1.54, 1.807) is 24.3 Å². The van der Waals surface area contributed by atoms with E-state index in [9.17, 15) is 20.1 Å². The molecule has 5 N–H and O–H groups in total. The Hall–Kier alpha value is -2.06. The third-order valence-electron chi connectivity index (χ3n) is 3.31. The van der Waals surface area contributed by atoms with Crippen molar-refractivity contribution < 1.29 is 25.2 Å². The number of ketones is 1. The lowest BCUT2D eigenvalue weighted by atomic mass is 10.0. The molecule has 0 aliphatic rings. The molecule has 0 unspecified atom stereocenters. The molecule has 2 aromatic rings. The summed E-state index contributed by atoms with van der Waals surface area (Å²) in [6.45, 7) is 0.620. The van der Waals surface area contributed by atoms with Crippen LogP contribution in [-0.2, 0) is 0 Å². The van der Waals surface area contributed by atoms with Crippen LogP contribution in [0.15, 0.2) is 30.3 Å². The molecule has 0 radical (unpaired) electrons. The maximum atomic E-state index is 11.5. The van der Waals surface area contributed by atoms with Gasteiger partial charge in [0.1, 0.15) is 18.3 Å². The van der Waals surface area contributed by atoms with Crippen LogP contribution in [0.3, 0.4) is 0 Å². The van der Waals surface area contributed by atoms with E-state index in [4.69, 9.17) is 5.11 Å². The molecule has 22 heavy (non-hydrogen) atoms. The van der Waals surface area contributed by atoms with Crippen LogP contribution in [0.25, 0.3) is 11.3 Å². The molecule has 7 nitrogen and oxygen atoms in total. The first-order valence-electron chi connectivity index (χ1n) is 6.77. The van der Waals surface area contributed by atoms with E-state index in [0.29, 0.717) is 11.3 Å². The molecular formula is C15H18N2O5. The van der Waals surface area contributed by atoms with Gasteiger partial charge in [-0.2, -0.15) is 0 Å². The van der Waals surface area contributed by atoms with Gasteiger partial charge < -0.3 is 25.4 Å². The van der Waals surface area contributed by atoms with Gasteiger partial charge in [0.05, 0.1) is 18.0 Å². The first kappa shape index (κ1) is 16.3. The Balaban J connectivity index is 2.47. The minimum Gasteiger partial charge on any atom is -0.394 e. The highest BCUT2D eigenvalue weighted by Gasteiger charge is 2.30. The molecular weight excluding hydrogens is 288 g/mol. The number of aliphatic hydroxyl groups excluding tert-OH is 4. The van der Waals surface area contributed by atoms with Crippen molar-refractivity contribution in [2.24, 2.45) is 0 Å². The van der Waals surface area contributed by atoms with Gasteiger partial charge in [-0.25, -0.2) is 4.98 Å². The smallest absolute Gasteiger partial charge is 0.195 e. The van der Waals surface area contributed by atoms with Gasteiger partial charge >= 0.3 is 0 Å². The van der Waals surface area contributed by atoms with Crippen molar-refractivity contribution in [2.45, 2.75) is 25.2 Å². The number of nitrogens with one attached hydrogen (secondary N) is 1. The molecule has 0 bridgehead atoms. The molecule has 0 fully saturated rings. The number of aromatic nitrogens is 2. The third-order valence-corrected chi connectivity index (χ3v) is 3.31. The number of nitrogens with zero attached hydrogens (tertiary/aromatic N) is 1. The van der Waals surface area contributed by atoms with Crippen molar-refractivity contribution in [3.05, 3.63) is 41.9 Å². The topological polar surface area (TPSA) is 127 Å². The molecule has 3 atom stereocenters. The molecule has 1 heterocycles. The Morgan fingerprint density at radius 1 is 1.23 bits per heavy atom. The Kier molecular flexibility index (Phi) is 5.04. The molecule has 2 rings (SSSR count). The molecule has 0 saturated heterocycles. The highest BCUT2D eigenvalue weighted by Crippen LogP contribution is 2.29. The summed E-state index contributed by atoms with van der Waals surface area (Å²) in [5.41, 5.74) is 1.06. The van der Waals surface area contributed by atoms with Crippen molar-refractivity contribution >= 4 is 5.78 Å². The van der Waals surface area contributed by atoms with E-state index in [-0.39, 0.29) is 17.3 Å². The highest BCUT2D eigenvalue weighted by atomic mass is 16.4. The van der Waals surface area contributed by atoms with Crippen LogP contribution in [0.4, 0.5) is 0 Å². The van der Waals surface area contributed by atoms with Crippen LogP contribution in [0, 0.1) is 0 Å². The number of hydrogen-bond acceptors (Lipinski definition) is 6. The molecule has 0 aliphatic heterocycles. The number of imidazole rings is 1. The second-order valence-corrected chi connectivity index (χ2v) is 4.96. The van der Waals surface area contributed by atoms with Gasteiger partial charge in [-0.15, -0.1) is 0 Å². The third kappa shape index (κ3) is 3.23. The summed E-state index contributed by atoms with van der Waals surface area (Å²) in [6.07, 6.45) is -4.66. The van der Waals surface area contributed by atoms with Gasteiger partial charge in [0.25, 0.3) is 0 Å². The van der Waals surface area contributed by atoms with E-state index < -0.39 is 24.9 Å². The quantitative estimate of drug-likeness (QED) is 0.479. The lowest BCUT2D eigenvalue weighted by molar-refractivity contribution is -0.0786. The molecule has 118 valence electrons. The second-order valence-electron chi connectivity index (χ2n) is 4.96. The van der Waals surface area contributed by atoms with Crippen LogP contribution in [0.2, 0.25) is 0 Å². The zero-order valence-corrected chi connectivity index (χ0v) is 12.0. The van der Waals surface area contributed by atoms with Crippen LogP contribution in [-0.4, -0.2) is 55.0 Å². The summed E-state index contributed by atoms with van der Waals surface area (Å²) in [5, 5.41) is 38.4. The maximum absolute atomic E-state index is 11.5. The van der Waals surface area contributed by atoms with Crippen LogP contribution in [0.5, 0.6) is 0 Å². The zero-order valence-electron chi connectivity index (χ0n) is 12.0. The second kappa shape index (κ2) is 6.80. The van der Waals surface area contributed by atoms with Gasteiger partial charge in [0, 0.05) is 12.5 Å². The summed E-state index contributed by atoms with van der Waals surface area (Å²) in [6, 6.07) is 8.83. The summed E-state index contributed by atoms with van der Waals surface area (Å²) in [5.74, 6) is -0.286. The van der Waals surface area contributed by atoms with Crippen molar-refractivity contribution in [3.8, 4) is 11.3 Å². The monoisotopic (exact) mass is 306 g/mol. The Morgan fingerprint density at radius 3 is 2.41 bits per heavy atom. The van der Waals surface area contributed by atoms with Crippen molar-refractivity contribution in [1.82, 2.24) is 9.97 Å². The molecule has 0 saturated carbocycles. The minimum absolute atomic E-state index is 0.0404. The summed E-state index contributed by atoms with van der Waals surface area (Å²) < 4.78 is 0. The Bertz CT molecular complexity index is 641. The fraction of sp³-hybridized carbons (Fsp3) is 0.333. The lowest BCUT2D eigenvalue weighted by Gasteiger charge is -2.21. The number of hydrogen-bond donors (Lipinski definition) is 5. The minimum atomic E-state index is -1.62. The van der Waals surface area contributed by atoms with Gasteiger partial charge in [-0.3, -0.25) is 4.79 Å². The number of aromatic amines is 1. The van der Waals surface area contributed by atoms with E-state index in [1.807, 2.05) is 6.07 Å². The molecule has 1 aromatic heterocycles. The number of Topliss-reactive ketones (excluding diaryl/α,β-unsaturated/α-hetero) is 1. The average molecular weight is 306 g/mol. The fourth-order valence-electron chi connectivity index (χ4n) is 2.07. The number of carbonyl (C=O) groups excluding carboxylic acids is 1. The van der Waals surface area contributed by atoms with Crippen LogP contribution >= 0.6 is 0 Å². The Morgan fingerprint density at radius 2 is 1.86 bits per heavy atom. The van der Waals surface area contributed by atoms with Crippen molar-refractivity contribution in [2.75, 3.05) is 6.61 Å². The summed E-state index contributed by atoms with van der Waals surface area (Å²) in [7, 11) is 0.